The molecule has 0 saturated heterocycles. The number of halogens is 1. The molecule has 2 nitrogen and oxygen atoms in total. The molecule has 1 N–H and O–H groups in total. The van der Waals surface area contributed by atoms with Gasteiger partial charge in [-0.15, -0.1) is 11.6 Å². The molecule has 0 radical (unpaired) electrons. The van der Waals surface area contributed by atoms with Gasteiger partial charge in [0.2, 0.25) is 0 Å². The molecule has 0 aliphatic heterocycles. The summed E-state index contributed by atoms with van der Waals surface area (Å²) in [5.74, 6) is 0.425. The van der Waals surface area contributed by atoms with Gasteiger partial charge in [-0.25, -0.2) is 0 Å². The summed E-state index contributed by atoms with van der Waals surface area (Å²) in [6, 6.07) is 1.48. The zero-order valence-electron chi connectivity index (χ0n) is 5.88. The molecule has 0 bridgehead atoms. The van der Waals surface area contributed by atoms with Crippen molar-refractivity contribution in [3.63, 3.8) is 0 Å². The molecule has 3 heteroatoms. The van der Waals surface area contributed by atoms with Gasteiger partial charge in [0, 0.05) is 29.9 Å². The van der Waals surface area contributed by atoms with Gasteiger partial charge in [0.05, 0.1) is 0 Å². The zero-order chi connectivity index (χ0) is 8.10. The van der Waals surface area contributed by atoms with E-state index in [4.69, 9.17) is 11.6 Å². The lowest BCUT2D eigenvalue weighted by molar-refractivity contribution is 1.29. The third kappa shape index (κ3) is 2.24. The average Bonchev–Trinajstić information content (AvgIpc) is 2.03. The van der Waals surface area contributed by atoms with E-state index in [0.29, 0.717) is 11.4 Å². The van der Waals surface area contributed by atoms with Crippen LogP contribution in [0.1, 0.15) is 5.56 Å². The Morgan fingerprint density at radius 1 is 1.64 bits per heavy atom. The fraction of sp³-hybridized carbons (Fsp3) is 0.125. The van der Waals surface area contributed by atoms with Gasteiger partial charge in [0.25, 0.3) is 0 Å². The van der Waals surface area contributed by atoms with Crippen molar-refractivity contribution in [2.45, 2.75) is 0 Å². The topological polar surface area (TPSA) is 32.9 Å². The summed E-state index contributed by atoms with van der Waals surface area (Å²) < 4.78 is 0. The van der Waals surface area contributed by atoms with Crippen molar-refractivity contribution in [1.82, 2.24) is 4.98 Å². The van der Waals surface area contributed by atoms with Crippen molar-refractivity contribution in [2.24, 2.45) is 0 Å². The van der Waals surface area contributed by atoms with Gasteiger partial charge in [-0.1, -0.05) is 12.2 Å². The Balaban J connectivity index is 2.95. The van der Waals surface area contributed by atoms with Crippen LogP contribution < -0.4 is 5.43 Å². The van der Waals surface area contributed by atoms with Crippen LogP contribution in [0.4, 0.5) is 0 Å². The second-order valence-corrected chi connectivity index (χ2v) is 2.33. The lowest BCUT2D eigenvalue weighted by Gasteiger charge is -1.88. The highest BCUT2D eigenvalue weighted by Crippen LogP contribution is 1.91. The summed E-state index contributed by atoms with van der Waals surface area (Å²) in [5.41, 5.74) is 0.637. The van der Waals surface area contributed by atoms with Crippen LogP contribution in [-0.2, 0) is 0 Å². The van der Waals surface area contributed by atoms with Crippen LogP contribution in [0.5, 0.6) is 0 Å². The number of nitrogens with one attached hydrogen (secondary N) is 1. The van der Waals surface area contributed by atoms with Crippen molar-refractivity contribution < 1.29 is 0 Å². The molecule has 0 atom stereocenters. The maximum absolute atomic E-state index is 11.0. The minimum absolute atomic E-state index is 0.00474. The Hall–Kier alpha value is -1.02. The summed E-state index contributed by atoms with van der Waals surface area (Å²) in [6.07, 6.45) is 6.67. The molecule has 58 valence electrons. The molecule has 0 aliphatic carbocycles. The van der Waals surface area contributed by atoms with Crippen LogP contribution in [0.25, 0.3) is 6.08 Å². The quantitative estimate of drug-likeness (QED) is 0.671. The molecule has 1 heterocycles. The second-order valence-electron chi connectivity index (χ2n) is 2.02. The third-order valence-corrected chi connectivity index (χ3v) is 1.42. The lowest BCUT2D eigenvalue weighted by atomic mass is 10.2. The number of aromatic nitrogens is 1. The van der Waals surface area contributed by atoms with E-state index < -0.39 is 0 Å². The van der Waals surface area contributed by atoms with E-state index in [0.717, 1.165) is 0 Å². The molecule has 0 aliphatic rings. The van der Waals surface area contributed by atoms with Crippen LogP contribution in [0, 0.1) is 0 Å². The van der Waals surface area contributed by atoms with Crippen molar-refractivity contribution >= 4 is 17.7 Å². The Bertz CT molecular complexity index is 303. The van der Waals surface area contributed by atoms with Gasteiger partial charge in [0.1, 0.15) is 0 Å². The summed E-state index contributed by atoms with van der Waals surface area (Å²) in [5, 5.41) is 0. The molecule has 1 aromatic heterocycles. The van der Waals surface area contributed by atoms with Crippen LogP contribution >= 0.6 is 11.6 Å². The van der Waals surface area contributed by atoms with Gasteiger partial charge in [0.15, 0.2) is 5.43 Å². The fourth-order valence-corrected chi connectivity index (χ4v) is 0.820. The first kappa shape index (κ1) is 8.08. The Morgan fingerprint density at radius 2 is 2.45 bits per heavy atom. The number of alkyl halides is 1. The Morgan fingerprint density at radius 3 is 3.09 bits per heavy atom. The maximum atomic E-state index is 11.0. The minimum atomic E-state index is 0.00474. The zero-order valence-corrected chi connectivity index (χ0v) is 6.64. The van der Waals surface area contributed by atoms with Gasteiger partial charge < -0.3 is 4.98 Å². The van der Waals surface area contributed by atoms with E-state index >= 15 is 0 Å². The molecule has 0 spiro atoms. The largest absolute Gasteiger partial charge is 0.367 e. The predicted molar refractivity (Wildman–Crippen MR) is 46.8 cm³/mol. The number of rotatable bonds is 2. The van der Waals surface area contributed by atoms with E-state index in [1.807, 2.05) is 0 Å². The van der Waals surface area contributed by atoms with Crippen molar-refractivity contribution in [2.75, 3.05) is 5.88 Å². The van der Waals surface area contributed by atoms with E-state index in [1.165, 1.54) is 6.07 Å². The van der Waals surface area contributed by atoms with Crippen molar-refractivity contribution in [3.8, 4) is 0 Å². The molecule has 0 unspecified atom stereocenters. The molecule has 0 aromatic carbocycles. The van der Waals surface area contributed by atoms with Gasteiger partial charge in [-0.3, -0.25) is 4.79 Å². The van der Waals surface area contributed by atoms with Gasteiger partial charge >= 0.3 is 0 Å². The predicted octanol–water partition coefficient (Wildman–Crippen LogP) is 1.63. The summed E-state index contributed by atoms with van der Waals surface area (Å²) >= 11 is 5.40. The van der Waals surface area contributed by atoms with E-state index in [1.54, 1.807) is 24.5 Å². The number of aromatic amines is 1. The van der Waals surface area contributed by atoms with E-state index in [2.05, 4.69) is 4.98 Å². The summed E-state index contributed by atoms with van der Waals surface area (Å²) in [4.78, 5) is 13.8. The smallest absolute Gasteiger partial charge is 0.188 e. The molecular formula is C8H8ClNO. The van der Waals surface area contributed by atoms with Gasteiger partial charge in [-0.05, 0) is 0 Å². The number of H-pyrrole nitrogens is 1. The van der Waals surface area contributed by atoms with Crippen LogP contribution in [-0.4, -0.2) is 10.9 Å². The highest BCUT2D eigenvalue weighted by Gasteiger charge is 1.89. The molecule has 1 rings (SSSR count). The number of hydrogen-bond donors (Lipinski definition) is 1. The lowest BCUT2D eigenvalue weighted by Crippen LogP contribution is -2.01. The second kappa shape index (κ2) is 3.98. The van der Waals surface area contributed by atoms with Crippen LogP contribution in [0.3, 0.4) is 0 Å². The van der Waals surface area contributed by atoms with Crippen LogP contribution in [0.15, 0.2) is 29.3 Å². The Labute approximate surface area is 69.5 Å². The summed E-state index contributed by atoms with van der Waals surface area (Å²) in [6.45, 7) is 0. The van der Waals surface area contributed by atoms with E-state index in [-0.39, 0.29) is 5.43 Å². The standard InChI is InChI=1S/C8H8ClNO/c9-4-1-2-7-6-10-5-3-8(7)11/h1-3,5-6H,4H2,(H,10,11). The van der Waals surface area contributed by atoms with Crippen molar-refractivity contribution in [3.05, 3.63) is 40.3 Å². The fourth-order valence-electron chi connectivity index (χ4n) is 0.731. The molecular weight excluding hydrogens is 162 g/mol. The molecule has 11 heavy (non-hydrogen) atoms. The van der Waals surface area contributed by atoms with E-state index in [9.17, 15) is 4.79 Å². The first-order chi connectivity index (χ1) is 5.34. The Kier molecular flexibility index (Phi) is 2.93. The number of allylic oxidation sites excluding steroid dienone is 1. The highest BCUT2D eigenvalue weighted by atomic mass is 35.5. The highest BCUT2D eigenvalue weighted by molar-refractivity contribution is 6.19. The molecule has 1 aromatic rings. The van der Waals surface area contributed by atoms with Crippen molar-refractivity contribution in [1.29, 1.82) is 0 Å². The third-order valence-electron chi connectivity index (χ3n) is 1.24. The molecule has 0 amide bonds. The first-order valence-corrected chi connectivity index (χ1v) is 3.77. The van der Waals surface area contributed by atoms with Gasteiger partial charge in [-0.2, -0.15) is 0 Å². The average molecular weight is 170 g/mol. The molecule has 0 saturated carbocycles. The number of pyridine rings is 1. The molecule has 0 fully saturated rings. The SMILES string of the molecule is O=c1cc[nH]cc1C=CCCl. The van der Waals surface area contributed by atoms with Crippen LogP contribution in [0.2, 0.25) is 0 Å². The first-order valence-electron chi connectivity index (χ1n) is 3.24. The number of hydrogen-bond acceptors (Lipinski definition) is 1. The summed E-state index contributed by atoms with van der Waals surface area (Å²) in [7, 11) is 0. The minimum Gasteiger partial charge on any atom is -0.367 e. The monoisotopic (exact) mass is 169 g/mol. The normalized spacial score (nSPS) is 10.6. The maximum Gasteiger partial charge on any atom is 0.188 e.